The average Bonchev–Trinajstić information content (AvgIpc) is 2.48. The van der Waals surface area contributed by atoms with E-state index in [1.165, 1.54) is 6.33 Å². The lowest BCUT2D eigenvalue weighted by Crippen LogP contribution is -2.04. The molecule has 0 aliphatic carbocycles. The summed E-state index contributed by atoms with van der Waals surface area (Å²) in [5.41, 5.74) is 0.539. The Morgan fingerprint density at radius 2 is 2.25 bits per heavy atom. The van der Waals surface area contributed by atoms with E-state index in [1.807, 2.05) is 0 Å². The minimum atomic E-state index is 0.411. The molecule has 102 valence electrons. The highest BCUT2D eigenvalue weighted by Gasteiger charge is 2.10. The van der Waals surface area contributed by atoms with E-state index in [0.29, 0.717) is 27.5 Å². The number of benzene rings is 1. The van der Waals surface area contributed by atoms with E-state index in [9.17, 15) is 0 Å². The number of rotatable bonds is 5. The van der Waals surface area contributed by atoms with E-state index in [0.717, 1.165) is 13.0 Å². The Balaban J connectivity index is 2.22. The molecule has 1 N–H and O–H groups in total. The largest absolute Gasteiger partial charge is 0.438 e. The number of hydrogen-bond acceptors (Lipinski definition) is 5. The smallest absolute Gasteiger partial charge is 0.238 e. The van der Waals surface area contributed by atoms with E-state index in [4.69, 9.17) is 10.00 Å². The van der Waals surface area contributed by atoms with Gasteiger partial charge >= 0.3 is 0 Å². The van der Waals surface area contributed by atoms with Crippen LogP contribution in [0.1, 0.15) is 18.9 Å². The van der Waals surface area contributed by atoms with Crippen LogP contribution in [0.4, 0.5) is 5.82 Å². The number of nitrogens with zero attached hydrogens (tertiary/aromatic N) is 3. The number of anilines is 1. The van der Waals surface area contributed by atoms with E-state index in [1.54, 1.807) is 24.3 Å². The van der Waals surface area contributed by atoms with Gasteiger partial charge in [0.2, 0.25) is 5.88 Å². The number of nitrogens with one attached hydrogen (secondary N) is 1. The molecule has 0 fully saturated rings. The Kier molecular flexibility index (Phi) is 4.91. The van der Waals surface area contributed by atoms with Gasteiger partial charge in [0.05, 0.1) is 11.6 Å². The molecule has 2 rings (SSSR count). The fraction of sp³-hybridized carbons (Fsp3) is 0.214. The lowest BCUT2D eigenvalue weighted by Gasteiger charge is -2.10. The highest BCUT2D eigenvalue weighted by Crippen LogP contribution is 2.31. The van der Waals surface area contributed by atoms with Crippen LogP contribution in [0.5, 0.6) is 11.6 Å². The summed E-state index contributed by atoms with van der Waals surface area (Å²) in [5, 5.41) is 12.1. The van der Waals surface area contributed by atoms with Crippen LogP contribution in [0.2, 0.25) is 0 Å². The van der Waals surface area contributed by atoms with Crippen LogP contribution in [-0.4, -0.2) is 16.5 Å². The molecule has 0 atom stereocenters. The van der Waals surface area contributed by atoms with Crippen molar-refractivity contribution >= 4 is 21.7 Å². The number of aromatic nitrogens is 2. The number of nitriles is 1. The van der Waals surface area contributed by atoms with Gasteiger partial charge in [-0.05, 0) is 40.5 Å². The SMILES string of the molecule is CCCNc1ncnc(Oc2cccc(C#N)c2)c1Br. The van der Waals surface area contributed by atoms with Crippen LogP contribution in [0, 0.1) is 11.3 Å². The summed E-state index contributed by atoms with van der Waals surface area (Å²) in [4.78, 5) is 8.25. The zero-order valence-electron chi connectivity index (χ0n) is 10.9. The summed E-state index contributed by atoms with van der Waals surface area (Å²) < 4.78 is 6.35. The first kappa shape index (κ1) is 14.3. The van der Waals surface area contributed by atoms with Gasteiger partial charge in [0.1, 0.15) is 22.4 Å². The minimum Gasteiger partial charge on any atom is -0.438 e. The maximum atomic E-state index is 8.87. The molecule has 0 bridgehead atoms. The van der Waals surface area contributed by atoms with Crippen molar-refractivity contribution in [3.8, 4) is 17.7 Å². The number of ether oxygens (including phenoxy) is 1. The second-order valence-corrected chi connectivity index (χ2v) is 4.80. The van der Waals surface area contributed by atoms with Crippen LogP contribution < -0.4 is 10.1 Å². The summed E-state index contributed by atoms with van der Waals surface area (Å²) in [6.45, 7) is 2.89. The molecule has 1 heterocycles. The van der Waals surface area contributed by atoms with Crippen molar-refractivity contribution in [2.24, 2.45) is 0 Å². The molecular formula is C14H13BrN4O. The summed E-state index contributed by atoms with van der Waals surface area (Å²) in [6.07, 6.45) is 2.43. The van der Waals surface area contributed by atoms with Crippen molar-refractivity contribution in [1.82, 2.24) is 9.97 Å². The predicted octanol–water partition coefficient (Wildman–Crippen LogP) is 3.72. The molecule has 0 saturated heterocycles. The summed E-state index contributed by atoms with van der Waals surface area (Å²) in [6, 6.07) is 8.98. The van der Waals surface area contributed by atoms with Gasteiger partial charge in [-0.25, -0.2) is 9.97 Å². The minimum absolute atomic E-state index is 0.411. The van der Waals surface area contributed by atoms with Gasteiger partial charge in [-0.15, -0.1) is 0 Å². The van der Waals surface area contributed by atoms with Gasteiger partial charge in [0.15, 0.2) is 0 Å². The Bertz CT molecular complexity index is 639. The van der Waals surface area contributed by atoms with Crippen molar-refractivity contribution in [2.45, 2.75) is 13.3 Å². The lowest BCUT2D eigenvalue weighted by atomic mass is 10.2. The third kappa shape index (κ3) is 3.45. The zero-order chi connectivity index (χ0) is 14.4. The van der Waals surface area contributed by atoms with Crippen molar-refractivity contribution in [3.05, 3.63) is 40.6 Å². The lowest BCUT2D eigenvalue weighted by molar-refractivity contribution is 0.458. The molecule has 20 heavy (non-hydrogen) atoms. The Labute approximate surface area is 125 Å². The van der Waals surface area contributed by atoms with E-state index in [2.05, 4.69) is 44.2 Å². The topological polar surface area (TPSA) is 70.8 Å². The molecule has 2 aromatic rings. The maximum Gasteiger partial charge on any atom is 0.238 e. The van der Waals surface area contributed by atoms with Gasteiger partial charge in [-0.1, -0.05) is 13.0 Å². The van der Waals surface area contributed by atoms with Crippen LogP contribution in [0.15, 0.2) is 35.1 Å². The average molecular weight is 333 g/mol. The molecule has 1 aromatic heterocycles. The van der Waals surface area contributed by atoms with E-state index < -0.39 is 0 Å². The Hall–Kier alpha value is -2.13. The van der Waals surface area contributed by atoms with Crippen molar-refractivity contribution < 1.29 is 4.74 Å². The van der Waals surface area contributed by atoms with Gasteiger partial charge < -0.3 is 10.1 Å². The molecular weight excluding hydrogens is 320 g/mol. The number of hydrogen-bond donors (Lipinski definition) is 1. The fourth-order valence-electron chi connectivity index (χ4n) is 1.53. The molecule has 1 aromatic carbocycles. The van der Waals surface area contributed by atoms with Crippen LogP contribution in [0.25, 0.3) is 0 Å². The van der Waals surface area contributed by atoms with Gasteiger partial charge in [0, 0.05) is 6.54 Å². The normalized spacial score (nSPS) is 9.85. The summed E-state index contributed by atoms with van der Waals surface area (Å²) in [5.74, 6) is 1.66. The number of halogens is 1. The van der Waals surface area contributed by atoms with Gasteiger partial charge in [-0.3, -0.25) is 0 Å². The van der Waals surface area contributed by atoms with Gasteiger partial charge in [0.25, 0.3) is 0 Å². The standard InChI is InChI=1S/C14H13BrN4O/c1-2-6-17-13-12(15)14(19-9-18-13)20-11-5-3-4-10(7-11)8-16/h3-5,7,9H,2,6H2,1H3,(H,17,18,19). The van der Waals surface area contributed by atoms with Crippen molar-refractivity contribution in [2.75, 3.05) is 11.9 Å². The second-order valence-electron chi connectivity index (χ2n) is 4.01. The quantitative estimate of drug-likeness (QED) is 0.903. The van der Waals surface area contributed by atoms with Gasteiger partial charge in [-0.2, -0.15) is 5.26 Å². The third-order valence-electron chi connectivity index (χ3n) is 2.48. The highest BCUT2D eigenvalue weighted by molar-refractivity contribution is 9.10. The maximum absolute atomic E-state index is 8.87. The van der Waals surface area contributed by atoms with Crippen molar-refractivity contribution in [3.63, 3.8) is 0 Å². The molecule has 0 aliphatic rings. The highest BCUT2D eigenvalue weighted by atomic mass is 79.9. The molecule has 0 spiro atoms. The van der Waals surface area contributed by atoms with Crippen LogP contribution >= 0.6 is 15.9 Å². The first-order valence-corrected chi connectivity index (χ1v) is 6.96. The fourth-order valence-corrected chi connectivity index (χ4v) is 1.96. The van der Waals surface area contributed by atoms with Crippen molar-refractivity contribution in [1.29, 1.82) is 5.26 Å². The Morgan fingerprint density at radius 3 is 3.00 bits per heavy atom. The molecule has 6 heteroatoms. The summed E-state index contributed by atoms with van der Waals surface area (Å²) in [7, 11) is 0. The monoisotopic (exact) mass is 332 g/mol. The van der Waals surface area contributed by atoms with Crippen LogP contribution in [-0.2, 0) is 0 Å². The molecule has 5 nitrogen and oxygen atoms in total. The summed E-state index contributed by atoms with van der Waals surface area (Å²) >= 11 is 3.43. The third-order valence-corrected chi connectivity index (χ3v) is 3.19. The molecule has 0 saturated carbocycles. The molecule has 0 radical (unpaired) electrons. The van der Waals surface area contributed by atoms with Crippen LogP contribution in [0.3, 0.4) is 0 Å². The van der Waals surface area contributed by atoms with E-state index in [-0.39, 0.29) is 0 Å². The first-order valence-electron chi connectivity index (χ1n) is 6.17. The van der Waals surface area contributed by atoms with E-state index >= 15 is 0 Å². The Morgan fingerprint density at radius 1 is 1.40 bits per heavy atom. The zero-order valence-corrected chi connectivity index (χ0v) is 12.5. The molecule has 0 amide bonds. The molecule has 0 aliphatic heterocycles. The first-order chi connectivity index (χ1) is 9.74. The predicted molar refractivity (Wildman–Crippen MR) is 79.7 cm³/mol. The second kappa shape index (κ2) is 6.87. The molecule has 0 unspecified atom stereocenters.